The van der Waals surface area contributed by atoms with Crippen LogP contribution < -0.4 is 10.1 Å². The number of anilines is 1. The highest BCUT2D eigenvalue weighted by atomic mass is 35.5. The van der Waals surface area contributed by atoms with E-state index < -0.39 is 0 Å². The molecule has 0 spiro atoms. The molecule has 0 aliphatic carbocycles. The first kappa shape index (κ1) is 23.9. The number of carbonyl (C=O) groups excluding carboxylic acids is 1. The van der Waals surface area contributed by atoms with Gasteiger partial charge in [0, 0.05) is 44.4 Å². The molecule has 4 rings (SSSR count). The van der Waals surface area contributed by atoms with Crippen LogP contribution in [-0.2, 0) is 4.79 Å². The fourth-order valence-electron chi connectivity index (χ4n) is 4.10. The second kappa shape index (κ2) is 9.57. The largest absolute Gasteiger partial charge is 0.496 e. The van der Waals surface area contributed by atoms with E-state index >= 15 is 0 Å². The maximum absolute atomic E-state index is 12.8. The summed E-state index contributed by atoms with van der Waals surface area (Å²) in [4.78, 5) is 12.8. The van der Waals surface area contributed by atoms with Crippen LogP contribution in [0.5, 0.6) is 5.75 Å². The van der Waals surface area contributed by atoms with E-state index in [0.717, 1.165) is 50.0 Å². The Labute approximate surface area is 209 Å². The lowest BCUT2D eigenvalue weighted by atomic mass is 9.96. The van der Waals surface area contributed by atoms with Crippen LogP contribution in [0.15, 0.2) is 59.2 Å². The average molecular weight is 494 g/mol. The van der Waals surface area contributed by atoms with Crippen molar-refractivity contribution in [1.29, 1.82) is 0 Å². The van der Waals surface area contributed by atoms with Crippen LogP contribution in [0.4, 0.5) is 5.69 Å². The molecule has 0 bridgehead atoms. The van der Waals surface area contributed by atoms with E-state index in [-0.39, 0.29) is 5.91 Å². The molecule has 1 heterocycles. The van der Waals surface area contributed by atoms with Crippen molar-refractivity contribution in [2.24, 2.45) is 0 Å². The summed E-state index contributed by atoms with van der Waals surface area (Å²) in [6, 6.07) is 13.3. The summed E-state index contributed by atoms with van der Waals surface area (Å²) in [5.41, 5.74) is 7.65. The third-order valence-electron chi connectivity index (χ3n) is 5.89. The minimum atomic E-state index is -0.209. The van der Waals surface area contributed by atoms with Crippen LogP contribution in [0, 0.1) is 20.8 Å². The third kappa shape index (κ3) is 4.56. The number of hydrogen-bond acceptors (Lipinski definition) is 3. The third-order valence-corrected chi connectivity index (χ3v) is 6.44. The zero-order valence-corrected chi connectivity index (χ0v) is 21.2. The monoisotopic (exact) mass is 493 g/mol. The summed E-state index contributed by atoms with van der Waals surface area (Å²) in [6.07, 6.45) is 3.27. The van der Waals surface area contributed by atoms with Gasteiger partial charge in [0.25, 0.3) is 0 Å². The maximum atomic E-state index is 12.8. The van der Waals surface area contributed by atoms with E-state index in [1.807, 2.05) is 58.0 Å². The van der Waals surface area contributed by atoms with E-state index in [2.05, 4.69) is 5.32 Å². The molecule has 1 amide bonds. The van der Waals surface area contributed by atoms with Crippen LogP contribution >= 0.6 is 23.2 Å². The number of rotatable bonds is 5. The number of amides is 1. The van der Waals surface area contributed by atoms with Gasteiger partial charge in [-0.3, -0.25) is 4.79 Å². The predicted molar refractivity (Wildman–Crippen MR) is 141 cm³/mol. The Morgan fingerprint density at radius 3 is 2.50 bits per heavy atom. The molecule has 174 valence electrons. The van der Waals surface area contributed by atoms with Crippen molar-refractivity contribution in [3.8, 4) is 16.9 Å². The number of methoxy groups -OCH3 is 1. The number of benzene rings is 3. The minimum Gasteiger partial charge on any atom is -0.496 e. The van der Waals surface area contributed by atoms with Gasteiger partial charge in [-0.2, -0.15) is 0 Å². The highest BCUT2D eigenvalue weighted by molar-refractivity contribution is 6.36. The Morgan fingerprint density at radius 2 is 1.79 bits per heavy atom. The number of allylic oxidation sites excluding steroid dienone is 1. The van der Waals surface area contributed by atoms with Gasteiger partial charge in [0.15, 0.2) is 0 Å². The molecule has 1 N–H and O–H groups in total. The first-order valence-corrected chi connectivity index (χ1v) is 11.6. The standard InChI is InChI=1S/C28H25Cl2NO3/c1-15-6-7-16(2)25(10-15)31-26(32)11-17(3)21-13-22-23(20-9-8-19(29)12-24(20)30)14-34-28(22)18(4)27(21)33-5/h6-14H,1-5H3,(H,31,32)/b17-11+. The van der Waals surface area contributed by atoms with Crippen LogP contribution in [0.1, 0.15) is 29.2 Å². The number of carbonyl (C=O) groups is 1. The van der Waals surface area contributed by atoms with Gasteiger partial charge in [-0.1, -0.05) is 41.4 Å². The van der Waals surface area contributed by atoms with E-state index in [0.29, 0.717) is 21.4 Å². The average Bonchev–Trinajstić information content (AvgIpc) is 3.20. The second-order valence-electron chi connectivity index (χ2n) is 8.37. The fourth-order valence-corrected chi connectivity index (χ4v) is 4.61. The van der Waals surface area contributed by atoms with Crippen LogP contribution in [0.2, 0.25) is 10.0 Å². The molecule has 6 heteroatoms. The normalized spacial score (nSPS) is 11.7. The number of aryl methyl sites for hydroxylation is 3. The topological polar surface area (TPSA) is 51.5 Å². The Bertz CT molecular complexity index is 1450. The smallest absolute Gasteiger partial charge is 0.248 e. The minimum absolute atomic E-state index is 0.209. The molecule has 3 aromatic carbocycles. The highest BCUT2D eigenvalue weighted by Crippen LogP contribution is 2.42. The number of ether oxygens (including phenoxy) is 1. The lowest BCUT2D eigenvalue weighted by Gasteiger charge is -2.14. The Balaban J connectivity index is 1.79. The number of hydrogen-bond donors (Lipinski definition) is 1. The lowest BCUT2D eigenvalue weighted by Crippen LogP contribution is -2.10. The van der Waals surface area contributed by atoms with Crippen LogP contribution in [-0.4, -0.2) is 13.0 Å². The molecule has 0 aliphatic heterocycles. The molecule has 34 heavy (non-hydrogen) atoms. The predicted octanol–water partition coefficient (Wildman–Crippen LogP) is 8.38. The van der Waals surface area contributed by atoms with Gasteiger partial charge in [0.1, 0.15) is 11.3 Å². The van der Waals surface area contributed by atoms with Gasteiger partial charge in [0.2, 0.25) is 5.91 Å². The fraction of sp³-hybridized carbons (Fsp3) is 0.179. The first-order valence-electron chi connectivity index (χ1n) is 10.8. The van der Waals surface area contributed by atoms with Crippen molar-refractivity contribution < 1.29 is 13.9 Å². The van der Waals surface area contributed by atoms with Crippen LogP contribution in [0.3, 0.4) is 0 Å². The Kier molecular flexibility index (Phi) is 6.74. The lowest BCUT2D eigenvalue weighted by molar-refractivity contribution is -0.111. The highest BCUT2D eigenvalue weighted by Gasteiger charge is 2.20. The summed E-state index contributed by atoms with van der Waals surface area (Å²) in [5.74, 6) is 0.447. The van der Waals surface area contributed by atoms with Crippen molar-refractivity contribution in [3.05, 3.63) is 87.1 Å². The van der Waals surface area contributed by atoms with Gasteiger partial charge < -0.3 is 14.5 Å². The maximum Gasteiger partial charge on any atom is 0.248 e. The number of nitrogens with one attached hydrogen (secondary N) is 1. The quantitative estimate of drug-likeness (QED) is 0.284. The molecule has 0 saturated heterocycles. The van der Waals surface area contributed by atoms with Crippen molar-refractivity contribution in [2.45, 2.75) is 27.7 Å². The summed E-state index contributed by atoms with van der Waals surface area (Å²) in [7, 11) is 1.61. The van der Waals surface area contributed by atoms with Crippen LogP contribution in [0.25, 0.3) is 27.7 Å². The molecule has 1 aromatic heterocycles. The molecule has 0 radical (unpaired) electrons. The summed E-state index contributed by atoms with van der Waals surface area (Å²) < 4.78 is 11.6. The zero-order valence-electron chi connectivity index (χ0n) is 19.7. The van der Waals surface area contributed by atoms with Gasteiger partial charge in [-0.25, -0.2) is 0 Å². The van der Waals surface area contributed by atoms with Crippen molar-refractivity contribution in [1.82, 2.24) is 0 Å². The molecule has 0 fully saturated rings. The van der Waals surface area contributed by atoms with Gasteiger partial charge in [-0.05, 0) is 68.7 Å². The van der Waals surface area contributed by atoms with E-state index in [9.17, 15) is 4.79 Å². The molecule has 4 aromatic rings. The Morgan fingerprint density at radius 1 is 1.03 bits per heavy atom. The van der Waals surface area contributed by atoms with Gasteiger partial charge >= 0.3 is 0 Å². The molecule has 0 aliphatic rings. The summed E-state index contributed by atoms with van der Waals surface area (Å²) >= 11 is 12.6. The van der Waals surface area contributed by atoms with Crippen molar-refractivity contribution >= 4 is 51.3 Å². The second-order valence-corrected chi connectivity index (χ2v) is 9.21. The molecule has 4 nitrogen and oxygen atoms in total. The Hall–Kier alpha value is -3.21. The van der Waals surface area contributed by atoms with E-state index in [1.54, 1.807) is 31.6 Å². The molecule has 0 atom stereocenters. The number of furan rings is 1. The van der Waals surface area contributed by atoms with Crippen molar-refractivity contribution in [3.63, 3.8) is 0 Å². The SMILES string of the molecule is COc1c(/C(C)=C/C(=O)Nc2cc(C)ccc2C)cc2c(-c3ccc(Cl)cc3Cl)coc2c1C. The van der Waals surface area contributed by atoms with Gasteiger partial charge in [-0.15, -0.1) is 0 Å². The molecule has 0 unspecified atom stereocenters. The molecule has 0 saturated carbocycles. The molecular weight excluding hydrogens is 469 g/mol. The molecular formula is C28H25Cl2NO3. The summed E-state index contributed by atoms with van der Waals surface area (Å²) in [5, 5.41) is 4.95. The zero-order chi connectivity index (χ0) is 24.6. The van der Waals surface area contributed by atoms with E-state index in [1.165, 1.54) is 0 Å². The van der Waals surface area contributed by atoms with Gasteiger partial charge in [0.05, 0.1) is 18.4 Å². The first-order chi connectivity index (χ1) is 16.2. The number of fused-ring (bicyclic) bond motifs is 1. The number of halogens is 2. The van der Waals surface area contributed by atoms with E-state index in [4.69, 9.17) is 32.4 Å². The van der Waals surface area contributed by atoms with Crippen molar-refractivity contribution in [2.75, 3.05) is 12.4 Å². The summed E-state index contributed by atoms with van der Waals surface area (Å²) in [6.45, 7) is 7.79.